The fourth-order valence-corrected chi connectivity index (χ4v) is 3.23. The van der Waals surface area contributed by atoms with Crippen molar-refractivity contribution >= 4 is 11.4 Å². The lowest BCUT2D eigenvalue weighted by Gasteiger charge is -2.36. The van der Waals surface area contributed by atoms with Crippen molar-refractivity contribution < 1.29 is 8.78 Å². The van der Waals surface area contributed by atoms with E-state index in [1.54, 1.807) is 12.1 Å². The highest BCUT2D eigenvalue weighted by Crippen LogP contribution is 2.35. The van der Waals surface area contributed by atoms with Gasteiger partial charge in [0.05, 0.1) is 0 Å². The second-order valence-electron chi connectivity index (χ2n) is 6.09. The summed E-state index contributed by atoms with van der Waals surface area (Å²) in [6.45, 7) is 4.42. The molecule has 2 unspecified atom stereocenters. The first-order valence-electron chi connectivity index (χ1n) is 7.43. The highest BCUT2D eigenvalue weighted by molar-refractivity contribution is 5.59. The van der Waals surface area contributed by atoms with Crippen LogP contribution in [0, 0.1) is 11.8 Å². The molecule has 1 aromatic rings. The van der Waals surface area contributed by atoms with Crippen LogP contribution in [0.4, 0.5) is 20.2 Å². The van der Waals surface area contributed by atoms with E-state index in [-0.39, 0.29) is 11.6 Å². The van der Waals surface area contributed by atoms with Crippen molar-refractivity contribution in [2.45, 2.75) is 52.0 Å². The number of benzene rings is 1. The first kappa shape index (κ1) is 15.1. The predicted octanol–water partition coefficient (Wildman–Crippen LogP) is 4.83. The summed E-state index contributed by atoms with van der Waals surface area (Å²) in [4.78, 5) is 0. The SMILES string of the molecule is CC(C)C1CCCCC1Nc1ccc(N)cc1C(F)F. The Morgan fingerprint density at radius 1 is 1.20 bits per heavy atom. The van der Waals surface area contributed by atoms with E-state index in [1.807, 2.05) is 0 Å². The molecule has 0 amide bonds. The molecule has 0 aliphatic heterocycles. The number of nitrogens with two attached hydrogens (primary N) is 1. The Balaban J connectivity index is 2.19. The monoisotopic (exact) mass is 282 g/mol. The molecular weight excluding hydrogens is 258 g/mol. The quantitative estimate of drug-likeness (QED) is 0.776. The van der Waals surface area contributed by atoms with Crippen LogP contribution < -0.4 is 11.1 Å². The van der Waals surface area contributed by atoms with Gasteiger partial charge in [0.15, 0.2) is 0 Å². The molecule has 1 aliphatic carbocycles. The minimum Gasteiger partial charge on any atom is -0.399 e. The van der Waals surface area contributed by atoms with Crippen LogP contribution in [0.15, 0.2) is 18.2 Å². The molecule has 4 heteroatoms. The summed E-state index contributed by atoms with van der Waals surface area (Å²) in [6.07, 6.45) is 2.14. The molecule has 0 spiro atoms. The standard InChI is InChI=1S/C16H24F2N2/c1-10(2)12-5-3-4-6-14(12)20-15-8-7-11(19)9-13(15)16(17)18/h7-10,12,14,16,20H,3-6,19H2,1-2H3. The van der Waals surface area contributed by atoms with Crippen LogP contribution in [0.1, 0.15) is 51.5 Å². The number of alkyl halides is 2. The van der Waals surface area contributed by atoms with Gasteiger partial charge in [-0.1, -0.05) is 26.7 Å². The molecule has 0 radical (unpaired) electrons. The Morgan fingerprint density at radius 2 is 1.90 bits per heavy atom. The van der Waals surface area contributed by atoms with E-state index >= 15 is 0 Å². The summed E-state index contributed by atoms with van der Waals surface area (Å²) < 4.78 is 26.2. The van der Waals surface area contributed by atoms with Crippen molar-refractivity contribution in [2.24, 2.45) is 11.8 Å². The third kappa shape index (κ3) is 3.41. The number of hydrogen-bond acceptors (Lipinski definition) is 2. The molecule has 0 saturated heterocycles. The molecule has 3 N–H and O–H groups in total. The van der Waals surface area contributed by atoms with Gasteiger partial charge in [-0.15, -0.1) is 0 Å². The summed E-state index contributed by atoms with van der Waals surface area (Å²) in [7, 11) is 0. The van der Waals surface area contributed by atoms with Crippen molar-refractivity contribution in [1.82, 2.24) is 0 Å². The van der Waals surface area contributed by atoms with E-state index in [9.17, 15) is 8.78 Å². The average Bonchev–Trinajstić information content (AvgIpc) is 2.41. The van der Waals surface area contributed by atoms with Crippen LogP contribution in [0.2, 0.25) is 0 Å². The Kier molecular flexibility index (Phi) is 4.84. The lowest BCUT2D eigenvalue weighted by atomic mass is 9.77. The van der Waals surface area contributed by atoms with Crippen LogP contribution in [-0.2, 0) is 0 Å². The Morgan fingerprint density at radius 3 is 2.55 bits per heavy atom. The van der Waals surface area contributed by atoms with Crippen molar-refractivity contribution in [3.05, 3.63) is 23.8 Å². The second-order valence-corrected chi connectivity index (χ2v) is 6.09. The first-order chi connectivity index (χ1) is 9.49. The predicted molar refractivity (Wildman–Crippen MR) is 80.0 cm³/mol. The molecule has 2 nitrogen and oxygen atoms in total. The van der Waals surface area contributed by atoms with Gasteiger partial charge in [0.25, 0.3) is 6.43 Å². The number of nitrogens with one attached hydrogen (secondary N) is 1. The van der Waals surface area contributed by atoms with Crippen LogP contribution in [-0.4, -0.2) is 6.04 Å². The number of halogens is 2. The number of anilines is 2. The fourth-order valence-electron chi connectivity index (χ4n) is 3.23. The summed E-state index contributed by atoms with van der Waals surface area (Å²) in [5.41, 5.74) is 6.54. The van der Waals surface area contributed by atoms with Gasteiger partial charge in [-0.25, -0.2) is 8.78 Å². The fraction of sp³-hybridized carbons (Fsp3) is 0.625. The van der Waals surface area contributed by atoms with Gasteiger partial charge in [0, 0.05) is 23.0 Å². The van der Waals surface area contributed by atoms with Crippen LogP contribution in [0.3, 0.4) is 0 Å². The van der Waals surface area contributed by atoms with E-state index in [0.29, 0.717) is 23.2 Å². The lowest BCUT2D eigenvalue weighted by molar-refractivity contribution is 0.152. The van der Waals surface area contributed by atoms with Crippen molar-refractivity contribution in [3.8, 4) is 0 Å². The van der Waals surface area contributed by atoms with Gasteiger partial charge in [-0.3, -0.25) is 0 Å². The minimum absolute atomic E-state index is 0.0121. The lowest BCUT2D eigenvalue weighted by Crippen LogP contribution is -2.35. The largest absolute Gasteiger partial charge is 0.399 e. The van der Waals surface area contributed by atoms with Gasteiger partial charge in [0.2, 0.25) is 0 Å². The molecule has 20 heavy (non-hydrogen) atoms. The molecule has 112 valence electrons. The maximum atomic E-state index is 13.1. The number of nitrogen functional groups attached to an aromatic ring is 1. The molecule has 0 bridgehead atoms. The Bertz CT molecular complexity index is 446. The second kappa shape index (κ2) is 6.42. The Labute approximate surface area is 119 Å². The van der Waals surface area contributed by atoms with Crippen LogP contribution in [0.25, 0.3) is 0 Å². The topological polar surface area (TPSA) is 38.0 Å². The van der Waals surface area contributed by atoms with E-state index in [2.05, 4.69) is 19.2 Å². The molecule has 0 aromatic heterocycles. The van der Waals surface area contributed by atoms with Crippen molar-refractivity contribution in [2.75, 3.05) is 11.1 Å². The molecule has 1 saturated carbocycles. The zero-order chi connectivity index (χ0) is 14.7. The summed E-state index contributed by atoms with van der Waals surface area (Å²) in [5, 5.41) is 3.35. The van der Waals surface area contributed by atoms with Crippen LogP contribution in [0.5, 0.6) is 0 Å². The first-order valence-corrected chi connectivity index (χ1v) is 7.43. The molecule has 1 aromatic carbocycles. The normalized spacial score (nSPS) is 23.3. The zero-order valence-corrected chi connectivity index (χ0v) is 12.2. The molecular formula is C16H24F2N2. The summed E-state index contributed by atoms with van der Waals surface area (Å²) in [6, 6.07) is 5.02. The number of rotatable bonds is 4. The molecule has 1 fully saturated rings. The van der Waals surface area contributed by atoms with Gasteiger partial charge in [-0.2, -0.15) is 0 Å². The van der Waals surface area contributed by atoms with Crippen molar-refractivity contribution in [3.63, 3.8) is 0 Å². The molecule has 1 aliphatic rings. The van der Waals surface area contributed by atoms with Crippen LogP contribution >= 0.6 is 0 Å². The van der Waals surface area contributed by atoms with E-state index in [4.69, 9.17) is 5.73 Å². The summed E-state index contributed by atoms with van der Waals surface area (Å²) in [5.74, 6) is 1.11. The minimum atomic E-state index is -2.50. The number of hydrogen-bond donors (Lipinski definition) is 2. The highest BCUT2D eigenvalue weighted by Gasteiger charge is 2.28. The van der Waals surface area contributed by atoms with Gasteiger partial charge >= 0.3 is 0 Å². The van der Waals surface area contributed by atoms with E-state index < -0.39 is 6.43 Å². The van der Waals surface area contributed by atoms with Gasteiger partial charge in [0.1, 0.15) is 0 Å². The molecule has 2 atom stereocenters. The Hall–Kier alpha value is -1.32. The third-order valence-electron chi connectivity index (χ3n) is 4.33. The average molecular weight is 282 g/mol. The maximum Gasteiger partial charge on any atom is 0.265 e. The molecule has 2 rings (SSSR count). The van der Waals surface area contributed by atoms with E-state index in [1.165, 1.54) is 25.3 Å². The third-order valence-corrected chi connectivity index (χ3v) is 4.33. The van der Waals surface area contributed by atoms with Gasteiger partial charge in [-0.05, 0) is 42.9 Å². The van der Waals surface area contributed by atoms with Crippen molar-refractivity contribution in [1.29, 1.82) is 0 Å². The summed E-state index contributed by atoms with van der Waals surface area (Å²) >= 11 is 0. The smallest absolute Gasteiger partial charge is 0.265 e. The molecule has 0 heterocycles. The van der Waals surface area contributed by atoms with Gasteiger partial charge < -0.3 is 11.1 Å². The van der Waals surface area contributed by atoms with E-state index in [0.717, 1.165) is 6.42 Å². The highest BCUT2D eigenvalue weighted by atomic mass is 19.3. The zero-order valence-electron chi connectivity index (χ0n) is 12.2. The maximum absolute atomic E-state index is 13.1.